The molecule has 5 atom stereocenters. The van der Waals surface area contributed by atoms with Crippen LogP contribution in [0.15, 0.2) is 91.0 Å². The molecule has 10 heteroatoms. The van der Waals surface area contributed by atoms with E-state index >= 15 is 0 Å². The fourth-order valence-corrected chi connectivity index (χ4v) is 3.97. The molecule has 0 bridgehead atoms. The number of rotatable bonds is 8. The Morgan fingerprint density at radius 3 is 1.54 bits per heavy atom. The highest BCUT2D eigenvalue weighted by Crippen LogP contribution is 2.29. The minimum absolute atomic E-state index is 0.167. The van der Waals surface area contributed by atoms with Crippen LogP contribution in [0, 0.1) is 0 Å². The molecule has 3 aromatic carbocycles. The Hall–Kier alpha value is -4.54. The highest BCUT2D eigenvalue weighted by Gasteiger charge is 2.52. The maximum Gasteiger partial charge on any atom is 0.338 e. The van der Waals surface area contributed by atoms with E-state index < -0.39 is 61.2 Å². The largest absolute Gasteiger partial charge is 0.459 e. The van der Waals surface area contributed by atoms with Gasteiger partial charge in [0.15, 0.2) is 24.6 Å². The third-order valence-electron chi connectivity index (χ3n) is 5.80. The predicted molar refractivity (Wildman–Crippen MR) is 134 cm³/mol. The van der Waals surface area contributed by atoms with Gasteiger partial charge in [-0.15, -0.1) is 0 Å². The topological polar surface area (TPSA) is 135 Å². The van der Waals surface area contributed by atoms with Crippen LogP contribution >= 0.6 is 0 Å². The van der Waals surface area contributed by atoms with E-state index in [0.717, 1.165) is 6.92 Å². The Kier molecular flexibility index (Phi) is 9.03. The van der Waals surface area contributed by atoms with Gasteiger partial charge in [-0.3, -0.25) is 4.79 Å². The van der Waals surface area contributed by atoms with Gasteiger partial charge in [0.25, 0.3) is 0 Å². The summed E-state index contributed by atoms with van der Waals surface area (Å²) in [5.74, 6) is -3.12. The van der Waals surface area contributed by atoms with Crippen molar-refractivity contribution in [1.29, 1.82) is 0 Å². The van der Waals surface area contributed by atoms with Gasteiger partial charge in [-0.2, -0.15) is 0 Å². The van der Waals surface area contributed by atoms with E-state index in [1.54, 1.807) is 66.7 Å². The fourth-order valence-electron chi connectivity index (χ4n) is 3.97. The number of aliphatic hydroxyl groups is 1. The molecule has 0 radical (unpaired) electrons. The molecule has 1 aliphatic heterocycles. The van der Waals surface area contributed by atoms with Gasteiger partial charge in [-0.05, 0) is 36.4 Å². The summed E-state index contributed by atoms with van der Waals surface area (Å²) in [5, 5.41) is 10.7. The molecule has 1 saturated heterocycles. The first-order valence-corrected chi connectivity index (χ1v) is 12.1. The summed E-state index contributed by atoms with van der Waals surface area (Å²) < 4.78 is 27.5. The first kappa shape index (κ1) is 27.5. The SMILES string of the molecule is CC(=O)O[C@@H]1[C@@H](OC(=O)c2ccccc2)[C@H](OC(=O)c2ccccc2)[C@@H](COC(=O)c2ccccc2)O[C@@H]1O. The van der Waals surface area contributed by atoms with E-state index in [-0.39, 0.29) is 16.7 Å². The average molecular weight is 535 g/mol. The standard InChI is InChI=1S/C29H26O10/c1-18(30)36-25-24(39-28(33)21-15-9-4-10-16-21)23(38-27(32)20-13-7-3-8-14-20)22(37-29(25)34)17-35-26(31)19-11-5-2-6-12-19/h2-16,22-25,29,34H,17H2,1H3/t22-,23-,24+,25-,29+/m1/s1. The number of carbonyl (C=O) groups is 4. The third-order valence-corrected chi connectivity index (χ3v) is 5.80. The normalized spacial score (nSPS) is 22.3. The van der Waals surface area contributed by atoms with Gasteiger partial charge in [0.2, 0.25) is 0 Å². The molecule has 1 heterocycles. The van der Waals surface area contributed by atoms with E-state index in [0.29, 0.717) is 0 Å². The Morgan fingerprint density at radius 2 is 1.08 bits per heavy atom. The molecule has 10 nitrogen and oxygen atoms in total. The zero-order valence-corrected chi connectivity index (χ0v) is 20.9. The van der Waals surface area contributed by atoms with Crippen LogP contribution in [0.3, 0.4) is 0 Å². The monoisotopic (exact) mass is 534 g/mol. The van der Waals surface area contributed by atoms with Crippen LogP contribution in [0.5, 0.6) is 0 Å². The molecule has 0 saturated carbocycles. The molecule has 1 N–H and O–H groups in total. The van der Waals surface area contributed by atoms with E-state index in [2.05, 4.69) is 0 Å². The molecule has 0 aromatic heterocycles. The second kappa shape index (κ2) is 12.8. The number of hydrogen-bond donors (Lipinski definition) is 1. The van der Waals surface area contributed by atoms with Gasteiger partial charge >= 0.3 is 23.9 Å². The van der Waals surface area contributed by atoms with Gasteiger partial charge in [0.1, 0.15) is 12.7 Å². The van der Waals surface area contributed by atoms with Crippen molar-refractivity contribution in [2.45, 2.75) is 37.6 Å². The molecule has 202 valence electrons. The molecular weight excluding hydrogens is 508 g/mol. The lowest BCUT2D eigenvalue weighted by molar-refractivity contribution is -0.288. The summed E-state index contributed by atoms with van der Waals surface area (Å²) in [6.45, 7) is 0.616. The lowest BCUT2D eigenvalue weighted by Gasteiger charge is -2.42. The van der Waals surface area contributed by atoms with Crippen molar-refractivity contribution in [3.63, 3.8) is 0 Å². The van der Waals surface area contributed by atoms with Crippen molar-refractivity contribution < 1.29 is 48.0 Å². The van der Waals surface area contributed by atoms with Crippen LogP contribution in [-0.2, 0) is 28.5 Å². The van der Waals surface area contributed by atoms with Gasteiger partial charge in [-0.25, -0.2) is 14.4 Å². The summed E-state index contributed by atoms with van der Waals surface area (Å²) in [7, 11) is 0. The molecule has 0 unspecified atom stereocenters. The Balaban J connectivity index is 1.64. The van der Waals surface area contributed by atoms with E-state index in [1.807, 2.05) is 0 Å². The maximum atomic E-state index is 13.0. The summed E-state index contributed by atoms with van der Waals surface area (Å²) in [6, 6.07) is 24.1. The summed E-state index contributed by atoms with van der Waals surface area (Å²) in [4.78, 5) is 50.5. The number of esters is 4. The van der Waals surface area contributed by atoms with Gasteiger partial charge in [-0.1, -0.05) is 54.6 Å². The van der Waals surface area contributed by atoms with Crippen molar-refractivity contribution >= 4 is 23.9 Å². The van der Waals surface area contributed by atoms with Crippen LogP contribution in [-0.4, -0.2) is 66.3 Å². The molecule has 0 aliphatic carbocycles. The van der Waals surface area contributed by atoms with Crippen molar-refractivity contribution in [3.8, 4) is 0 Å². The number of ether oxygens (including phenoxy) is 5. The molecule has 1 fully saturated rings. The maximum absolute atomic E-state index is 13.0. The first-order chi connectivity index (χ1) is 18.8. The van der Waals surface area contributed by atoms with Crippen LogP contribution < -0.4 is 0 Å². The smallest absolute Gasteiger partial charge is 0.338 e. The van der Waals surface area contributed by atoms with Gasteiger partial charge in [0, 0.05) is 6.92 Å². The molecular formula is C29H26O10. The lowest BCUT2D eigenvalue weighted by Crippen LogP contribution is -2.62. The quantitative estimate of drug-likeness (QED) is 0.339. The van der Waals surface area contributed by atoms with E-state index in [4.69, 9.17) is 23.7 Å². The number of carbonyl (C=O) groups excluding carboxylic acids is 4. The molecule has 0 spiro atoms. The van der Waals surface area contributed by atoms with Crippen LogP contribution in [0.2, 0.25) is 0 Å². The minimum atomic E-state index is -1.80. The molecule has 4 rings (SSSR count). The predicted octanol–water partition coefficient (Wildman–Crippen LogP) is 2.94. The van der Waals surface area contributed by atoms with Crippen molar-refractivity contribution in [2.24, 2.45) is 0 Å². The van der Waals surface area contributed by atoms with E-state index in [1.165, 1.54) is 24.3 Å². The van der Waals surface area contributed by atoms with Gasteiger partial charge < -0.3 is 28.8 Å². The molecule has 39 heavy (non-hydrogen) atoms. The molecule has 3 aromatic rings. The zero-order valence-electron chi connectivity index (χ0n) is 20.9. The highest BCUT2D eigenvalue weighted by atomic mass is 16.7. The minimum Gasteiger partial charge on any atom is -0.459 e. The van der Waals surface area contributed by atoms with E-state index in [9.17, 15) is 24.3 Å². The second-order valence-electron chi connectivity index (χ2n) is 8.58. The summed E-state index contributed by atoms with van der Waals surface area (Å²) >= 11 is 0. The van der Waals surface area contributed by atoms with Crippen molar-refractivity contribution in [1.82, 2.24) is 0 Å². The number of benzene rings is 3. The van der Waals surface area contributed by atoms with Crippen molar-refractivity contribution in [3.05, 3.63) is 108 Å². The number of aliphatic hydroxyl groups excluding tert-OH is 1. The Bertz CT molecular complexity index is 1280. The second-order valence-corrected chi connectivity index (χ2v) is 8.58. The molecule has 0 amide bonds. The Morgan fingerprint density at radius 1 is 0.641 bits per heavy atom. The van der Waals surface area contributed by atoms with Gasteiger partial charge in [0.05, 0.1) is 16.7 Å². The Labute approximate surface area is 224 Å². The van der Waals surface area contributed by atoms with Crippen molar-refractivity contribution in [2.75, 3.05) is 6.61 Å². The summed E-state index contributed by atoms with van der Waals surface area (Å²) in [5.41, 5.74) is 0.609. The summed E-state index contributed by atoms with van der Waals surface area (Å²) in [6.07, 6.45) is -7.60. The van der Waals surface area contributed by atoms with Crippen LogP contribution in [0.4, 0.5) is 0 Å². The average Bonchev–Trinajstić information content (AvgIpc) is 2.96. The van der Waals surface area contributed by atoms with Crippen LogP contribution in [0.1, 0.15) is 38.0 Å². The third kappa shape index (κ3) is 7.07. The molecule has 1 aliphatic rings. The lowest BCUT2D eigenvalue weighted by atomic mass is 9.98. The zero-order chi connectivity index (χ0) is 27.8. The highest BCUT2D eigenvalue weighted by molar-refractivity contribution is 5.91. The first-order valence-electron chi connectivity index (χ1n) is 12.1. The number of hydrogen-bond acceptors (Lipinski definition) is 10. The fraction of sp³-hybridized carbons (Fsp3) is 0.241. The van der Waals surface area contributed by atoms with Crippen LogP contribution in [0.25, 0.3) is 0 Å².